The fourth-order valence-corrected chi connectivity index (χ4v) is 1.47. The summed E-state index contributed by atoms with van der Waals surface area (Å²) in [5.41, 5.74) is 1.71. The summed E-state index contributed by atoms with van der Waals surface area (Å²) < 4.78 is 25.1. The summed E-state index contributed by atoms with van der Waals surface area (Å²) in [6.07, 6.45) is 0. The molecule has 0 aliphatic heterocycles. The predicted octanol–water partition coefficient (Wildman–Crippen LogP) is 2.63. The van der Waals surface area contributed by atoms with E-state index in [1.165, 1.54) is 0 Å². The summed E-state index contributed by atoms with van der Waals surface area (Å²) in [7, 11) is 0. The van der Waals surface area contributed by atoms with Crippen molar-refractivity contribution >= 4 is 11.6 Å². The average Bonchev–Trinajstić information content (AvgIpc) is 2.27. The minimum absolute atomic E-state index is 0.227. The van der Waals surface area contributed by atoms with Gasteiger partial charge in [-0.05, 0) is 13.8 Å². The van der Waals surface area contributed by atoms with Crippen LogP contribution >= 0.6 is 11.6 Å². The molecule has 12 heavy (non-hydrogen) atoms. The second-order valence-corrected chi connectivity index (χ2v) is 2.77. The fraction of sp³-hybridized carbons (Fsp3) is 0.571. The smallest absolute Gasteiger partial charge is 0.208 e. The van der Waals surface area contributed by atoms with Gasteiger partial charge in [0.15, 0.2) is 0 Å². The number of aromatic nitrogens is 2. The van der Waals surface area contributed by atoms with Crippen LogP contribution in [-0.2, 0) is 5.88 Å². The van der Waals surface area contributed by atoms with E-state index >= 15 is 0 Å². The van der Waals surface area contributed by atoms with Crippen molar-refractivity contribution in [3.8, 4) is 0 Å². The standard InChI is InChI=1S/C7H9ClF2N2/c1-4-6(3-8)5(2)12(11-4)7(9)10/h7H,3H2,1-2H3. The van der Waals surface area contributed by atoms with Crippen LogP contribution in [0.25, 0.3) is 0 Å². The van der Waals surface area contributed by atoms with Gasteiger partial charge >= 0.3 is 6.55 Å². The summed E-state index contributed by atoms with van der Waals surface area (Å²) in [4.78, 5) is 0. The molecule has 0 N–H and O–H groups in total. The van der Waals surface area contributed by atoms with Crippen molar-refractivity contribution in [1.29, 1.82) is 0 Å². The topological polar surface area (TPSA) is 17.8 Å². The van der Waals surface area contributed by atoms with Crippen molar-refractivity contribution in [2.45, 2.75) is 26.3 Å². The van der Waals surface area contributed by atoms with E-state index in [1.54, 1.807) is 13.8 Å². The molecule has 0 radical (unpaired) electrons. The lowest BCUT2D eigenvalue weighted by molar-refractivity contribution is 0.0540. The van der Waals surface area contributed by atoms with Gasteiger partial charge in [-0.15, -0.1) is 11.6 Å². The summed E-state index contributed by atoms with van der Waals surface area (Å²) >= 11 is 5.56. The van der Waals surface area contributed by atoms with E-state index in [-0.39, 0.29) is 5.88 Å². The second-order valence-electron chi connectivity index (χ2n) is 2.51. The molecule has 0 bridgehead atoms. The van der Waals surface area contributed by atoms with E-state index in [0.717, 1.165) is 0 Å². The van der Waals surface area contributed by atoms with Crippen molar-refractivity contribution in [1.82, 2.24) is 9.78 Å². The highest BCUT2D eigenvalue weighted by molar-refractivity contribution is 6.17. The maximum Gasteiger partial charge on any atom is 0.333 e. The molecule has 1 heterocycles. The van der Waals surface area contributed by atoms with E-state index in [4.69, 9.17) is 11.6 Å². The Morgan fingerprint density at radius 2 is 2.08 bits per heavy atom. The van der Waals surface area contributed by atoms with Crippen molar-refractivity contribution in [3.05, 3.63) is 17.0 Å². The van der Waals surface area contributed by atoms with Crippen LogP contribution in [0.1, 0.15) is 23.5 Å². The largest absolute Gasteiger partial charge is 0.333 e. The molecular formula is C7H9ClF2N2. The van der Waals surface area contributed by atoms with Crippen molar-refractivity contribution in [2.75, 3.05) is 0 Å². The van der Waals surface area contributed by atoms with E-state index in [1.807, 2.05) is 0 Å². The molecule has 0 saturated heterocycles. The van der Waals surface area contributed by atoms with Gasteiger partial charge in [-0.1, -0.05) is 0 Å². The summed E-state index contributed by atoms with van der Waals surface area (Å²) in [6.45, 7) is 0.675. The van der Waals surface area contributed by atoms with Crippen LogP contribution in [0, 0.1) is 13.8 Å². The molecule has 0 aromatic carbocycles. The molecule has 0 spiro atoms. The fourth-order valence-electron chi connectivity index (χ4n) is 1.08. The normalized spacial score (nSPS) is 11.2. The van der Waals surface area contributed by atoms with Crippen LogP contribution in [0.4, 0.5) is 8.78 Å². The Morgan fingerprint density at radius 3 is 2.33 bits per heavy atom. The van der Waals surface area contributed by atoms with Gasteiger partial charge in [0.05, 0.1) is 11.6 Å². The highest BCUT2D eigenvalue weighted by Crippen LogP contribution is 2.20. The average molecular weight is 195 g/mol. The van der Waals surface area contributed by atoms with Gasteiger partial charge in [0.1, 0.15) is 0 Å². The van der Waals surface area contributed by atoms with Crippen molar-refractivity contribution in [3.63, 3.8) is 0 Å². The Bertz CT molecular complexity index is 283. The molecule has 68 valence electrons. The molecule has 0 saturated carbocycles. The SMILES string of the molecule is Cc1nn(C(F)F)c(C)c1CCl. The van der Waals surface area contributed by atoms with Crippen LogP contribution < -0.4 is 0 Å². The van der Waals surface area contributed by atoms with Gasteiger partial charge < -0.3 is 0 Å². The summed E-state index contributed by atoms with van der Waals surface area (Å²) in [5, 5.41) is 3.66. The van der Waals surface area contributed by atoms with Crippen LogP contribution in [-0.4, -0.2) is 9.78 Å². The Morgan fingerprint density at radius 1 is 1.50 bits per heavy atom. The number of aryl methyl sites for hydroxylation is 1. The van der Waals surface area contributed by atoms with Gasteiger partial charge in [-0.3, -0.25) is 0 Å². The van der Waals surface area contributed by atoms with E-state index in [9.17, 15) is 8.78 Å². The van der Waals surface area contributed by atoms with Crippen molar-refractivity contribution in [2.24, 2.45) is 0 Å². The maximum atomic E-state index is 12.2. The highest BCUT2D eigenvalue weighted by Gasteiger charge is 2.15. The first-order chi connectivity index (χ1) is 5.57. The number of nitrogens with zero attached hydrogens (tertiary/aromatic N) is 2. The third-order valence-corrected chi connectivity index (χ3v) is 2.06. The minimum atomic E-state index is -2.58. The molecule has 1 rings (SSSR count). The molecule has 2 nitrogen and oxygen atoms in total. The molecule has 1 aromatic rings. The Balaban J connectivity index is 3.17. The lowest BCUT2D eigenvalue weighted by atomic mass is 10.2. The zero-order valence-corrected chi connectivity index (χ0v) is 7.57. The third-order valence-electron chi connectivity index (χ3n) is 1.79. The van der Waals surface area contributed by atoms with Gasteiger partial charge in [-0.2, -0.15) is 13.9 Å². The van der Waals surface area contributed by atoms with Gasteiger partial charge in [0.2, 0.25) is 0 Å². The van der Waals surface area contributed by atoms with Crippen molar-refractivity contribution < 1.29 is 8.78 Å². The molecular weight excluding hydrogens is 186 g/mol. The predicted molar refractivity (Wildman–Crippen MR) is 42.5 cm³/mol. The second kappa shape index (κ2) is 3.39. The Kier molecular flexibility index (Phi) is 2.67. The van der Waals surface area contributed by atoms with Gasteiger partial charge in [-0.25, -0.2) is 4.68 Å². The third kappa shape index (κ3) is 1.43. The summed E-state index contributed by atoms with van der Waals surface area (Å²) in [5.74, 6) is 0.227. The molecule has 0 fully saturated rings. The molecule has 0 aliphatic carbocycles. The van der Waals surface area contributed by atoms with E-state index in [0.29, 0.717) is 21.6 Å². The van der Waals surface area contributed by atoms with Crippen LogP contribution in [0.3, 0.4) is 0 Å². The first kappa shape index (κ1) is 9.45. The number of hydrogen-bond acceptors (Lipinski definition) is 1. The zero-order valence-electron chi connectivity index (χ0n) is 6.81. The Hall–Kier alpha value is -0.640. The monoisotopic (exact) mass is 194 g/mol. The molecule has 0 amide bonds. The van der Waals surface area contributed by atoms with E-state index < -0.39 is 6.55 Å². The molecule has 0 aliphatic rings. The van der Waals surface area contributed by atoms with Gasteiger partial charge in [0.25, 0.3) is 0 Å². The lowest BCUT2D eigenvalue weighted by Gasteiger charge is -2.01. The molecule has 5 heteroatoms. The first-order valence-electron chi connectivity index (χ1n) is 3.46. The van der Waals surface area contributed by atoms with Gasteiger partial charge in [0, 0.05) is 11.3 Å². The Labute approximate surface area is 74.1 Å². The molecule has 0 atom stereocenters. The highest BCUT2D eigenvalue weighted by atomic mass is 35.5. The minimum Gasteiger partial charge on any atom is -0.208 e. The summed E-state index contributed by atoms with van der Waals surface area (Å²) in [6, 6.07) is 0. The van der Waals surface area contributed by atoms with Crippen LogP contribution in [0.5, 0.6) is 0 Å². The van der Waals surface area contributed by atoms with Crippen LogP contribution in [0.15, 0.2) is 0 Å². The zero-order chi connectivity index (χ0) is 9.30. The van der Waals surface area contributed by atoms with Crippen LogP contribution in [0.2, 0.25) is 0 Å². The molecule has 1 aromatic heterocycles. The number of rotatable bonds is 2. The number of hydrogen-bond donors (Lipinski definition) is 0. The quantitative estimate of drug-likeness (QED) is 0.662. The first-order valence-corrected chi connectivity index (χ1v) is 4.00. The lowest BCUT2D eigenvalue weighted by Crippen LogP contribution is -2.02. The molecule has 0 unspecified atom stereocenters. The maximum absolute atomic E-state index is 12.2. The number of halogens is 3. The van der Waals surface area contributed by atoms with E-state index in [2.05, 4.69) is 5.10 Å². The number of alkyl halides is 3.